The molecule has 0 saturated heterocycles. The molecule has 0 spiro atoms. The molecular weight excluding hydrogens is 439 g/mol. The smallest absolute Gasteiger partial charge is 0.497 e. The quantitative estimate of drug-likeness (QED) is 0.610. The number of amides is 1. The summed E-state index contributed by atoms with van der Waals surface area (Å²) in [6.45, 7) is 1.20. The highest BCUT2D eigenvalue weighted by atomic mass is 35.5. The van der Waals surface area contributed by atoms with Gasteiger partial charge in [-0.15, -0.1) is 13.2 Å². The first kappa shape index (κ1) is 22.2. The molecule has 0 saturated carbocycles. The van der Waals surface area contributed by atoms with Gasteiger partial charge < -0.3 is 15.2 Å². The van der Waals surface area contributed by atoms with Crippen LogP contribution in [0.3, 0.4) is 0 Å². The van der Waals surface area contributed by atoms with Crippen molar-refractivity contribution in [1.82, 2.24) is 15.0 Å². The van der Waals surface area contributed by atoms with Crippen LogP contribution in [0.4, 0.5) is 13.2 Å². The minimum atomic E-state index is -4.95. The van der Waals surface area contributed by atoms with Crippen LogP contribution >= 0.6 is 11.6 Å². The van der Waals surface area contributed by atoms with Crippen LogP contribution in [0.1, 0.15) is 22.8 Å². The molecule has 0 aliphatic rings. The number of nitrogens with zero attached hydrogens (tertiary/aromatic N) is 4. The molecule has 3 aromatic rings. The Morgan fingerprint density at radius 1 is 1.26 bits per heavy atom. The van der Waals surface area contributed by atoms with Crippen LogP contribution in [0.5, 0.6) is 11.5 Å². The maximum Gasteiger partial charge on any atom is 0.573 e. The maximum absolute atomic E-state index is 12.6. The molecular formula is C19H15ClF3N5O3. The van der Waals surface area contributed by atoms with Crippen LogP contribution in [0.25, 0.3) is 11.0 Å². The van der Waals surface area contributed by atoms with Crippen LogP contribution in [-0.4, -0.2) is 34.4 Å². The van der Waals surface area contributed by atoms with Crippen LogP contribution in [0, 0.1) is 11.3 Å². The van der Waals surface area contributed by atoms with Gasteiger partial charge in [0.05, 0.1) is 24.7 Å². The number of methoxy groups -OCH3 is 1. The van der Waals surface area contributed by atoms with Gasteiger partial charge in [-0.1, -0.05) is 11.6 Å². The monoisotopic (exact) mass is 453 g/mol. The molecule has 1 atom stereocenters. The van der Waals surface area contributed by atoms with E-state index >= 15 is 0 Å². The zero-order valence-electron chi connectivity index (χ0n) is 16.2. The van der Waals surface area contributed by atoms with E-state index in [1.54, 1.807) is 6.07 Å². The Hall–Kier alpha value is -3.52. The molecule has 1 amide bonds. The van der Waals surface area contributed by atoms with Crippen LogP contribution < -0.4 is 15.2 Å². The molecule has 162 valence electrons. The number of alkyl halides is 3. The fourth-order valence-electron chi connectivity index (χ4n) is 3.04. The Kier molecular flexibility index (Phi) is 5.69. The molecule has 2 aromatic carbocycles. The predicted octanol–water partition coefficient (Wildman–Crippen LogP) is 3.57. The number of hydrogen-bond donors (Lipinski definition) is 1. The molecule has 0 fully saturated rings. The van der Waals surface area contributed by atoms with E-state index in [1.807, 2.05) is 6.07 Å². The number of ether oxygens (including phenoxy) is 2. The van der Waals surface area contributed by atoms with Crippen molar-refractivity contribution in [3.63, 3.8) is 0 Å². The zero-order chi connectivity index (χ0) is 23.0. The molecule has 0 aliphatic carbocycles. The van der Waals surface area contributed by atoms with Gasteiger partial charge in [-0.3, -0.25) is 4.79 Å². The summed E-state index contributed by atoms with van der Waals surface area (Å²) in [5.41, 5.74) is 4.36. The number of carbonyl (C=O) groups excluding carboxylic acids is 1. The average molecular weight is 454 g/mol. The number of nitrogens with two attached hydrogens (primary N) is 1. The lowest BCUT2D eigenvalue weighted by atomic mass is 9.81. The fraction of sp³-hybridized carbons (Fsp3) is 0.263. The van der Waals surface area contributed by atoms with Gasteiger partial charge in [-0.05, 0) is 30.7 Å². The van der Waals surface area contributed by atoms with E-state index in [2.05, 4.69) is 14.9 Å². The van der Waals surface area contributed by atoms with Gasteiger partial charge in [-0.2, -0.15) is 20.3 Å². The molecule has 8 nitrogen and oxygen atoms in total. The molecule has 3 rings (SSSR count). The van der Waals surface area contributed by atoms with Gasteiger partial charge >= 0.3 is 6.36 Å². The average Bonchev–Trinajstić information content (AvgIpc) is 3.09. The highest BCUT2D eigenvalue weighted by Gasteiger charge is 2.35. The van der Waals surface area contributed by atoms with Crippen molar-refractivity contribution >= 4 is 28.5 Å². The minimum absolute atomic E-state index is 0.0608. The Morgan fingerprint density at radius 2 is 1.97 bits per heavy atom. The summed E-state index contributed by atoms with van der Waals surface area (Å²) in [6.07, 6.45) is -4.95. The summed E-state index contributed by atoms with van der Waals surface area (Å²) in [5, 5.41) is 18.6. The largest absolute Gasteiger partial charge is 0.573 e. The summed E-state index contributed by atoms with van der Waals surface area (Å²) in [6, 6.07) is 8.10. The first-order valence-corrected chi connectivity index (χ1v) is 9.03. The number of benzene rings is 2. The van der Waals surface area contributed by atoms with E-state index in [4.69, 9.17) is 22.1 Å². The topological polar surface area (TPSA) is 116 Å². The third-order valence-electron chi connectivity index (χ3n) is 4.48. The van der Waals surface area contributed by atoms with E-state index in [9.17, 15) is 23.2 Å². The number of aromatic nitrogens is 3. The highest BCUT2D eigenvalue weighted by molar-refractivity contribution is 6.35. The number of fused-ring (bicyclic) bond motifs is 1. The third kappa shape index (κ3) is 4.64. The van der Waals surface area contributed by atoms with Crippen molar-refractivity contribution in [3.05, 3.63) is 46.5 Å². The molecule has 1 unspecified atom stereocenters. The fourth-order valence-corrected chi connectivity index (χ4v) is 3.28. The Morgan fingerprint density at radius 3 is 2.55 bits per heavy atom. The van der Waals surface area contributed by atoms with E-state index in [1.165, 1.54) is 24.9 Å². The minimum Gasteiger partial charge on any atom is -0.497 e. The van der Waals surface area contributed by atoms with Crippen molar-refractivity contribution in [2.45, 2.75) is 25.2 Å². The molecule has 12 heteroatoms. The summed E-state index contributed by atoms with van der Waals surface area (Å²) in [4.78, 5) is 13.0. The highest BCUT2D eigenvalue weighted by Crippen LogP contribution is 2.34. The maximum atomic E-state index is 12.6. The van der Waals surface area contributed by atoms with E-state index in [0.29, 0.717) is 16.8 Å². The van der Waals surface area contributed by atoms with Crippen molar-refractivity contribution in [1.29, 1.82) is 5.26 Å². The van der Waals surface area contributed by atoms with Crippen LogP contribution in [0.15, 0.2) is 30.3 Å². The summed E-state index contributed by atoms with van der Waals surface area (Å²) in [5.74, 6) is -1.07. The lowest BCUT2D eigenvalue weighted by molar-refractivity contribution is -0.274. The second-order valence-electron chi connectivity index (χ2n) is 6.77. The lowest BCUT2D eigenvalue weighted by Crippen LogP contribution is -2.31. The third-order valence-corrected chi connectivity index (χ3v) is 4.77. The van der Waals surface area contributed by atoms with Crippen LogP contribution in [0.2, 0.25) is 5.02 Å². The van der Waals surface area contributed by atoms with Crippen molar-refractivity contribution < 1.29 is 27.4 Å². The SMILES string of the molecule is COc1cc(Cl)c2nn(CC(C)(C#N)c3cc(OC(F)(F)F)ccc3C(N)=O)nc2c1. The first-order chi connectivity index (χ1) is 14.5. The Bertz CT molecular complexity index is 1200. The number of carbonyl (C=O) groups is 1. The Labute approximate surface area is 178 Å². The molecule has 2 N–H and O–H groups in total. The second-order valence-corrected chi connectivity index (χ2v) is 7.18. The van der Waals surface area contributed by atoms with Gasteiger partial charge in [0, 0.05) is 17.7 Å². The Balaban J connectivity index is 2.08. The number of nitriles is 1. The first-order valence-electron chi connectivity index (χ1n) is 8.65. The van der Waals surface area contributed by atoms with E-state index in [-0.39, 0.29) is 22.7 Å². The molecule has 0 radical (unpaired) electrons. The standard InChI is InChI=1S/C19H15ClF3N5O3/c1-18(8-24,9-28-26-15-7-11(30-2)6-14(20)16(15)27-28)13-5-10(31-19(21,22)23)3-4-12(13)17(25)29/h3-7H,9H2,1-2H3,(H2,25,29). The van der Waals surface area contributed by atoms with E-state index in [0.717, 1.165) is 18.2 Å². The predicted molar refractivity (Wildman–Crippen MR) is 104 cm³/mol. The van der Waals surface area contributed by atoms with Crippen molar-refractivity contribution in [2.75, 3.05) is 7.11 Å². The summed E-state index contributed by atoms with van der Waals surface area (Å²) >= 11 is 6.18. The summed E-state index contributed by atoms with van der Waals surface area (Å²) in [7, 11) is 1.45. The van der Waals surface area contributed by atoms with Gasteiger partial charge in [0.15, 0.2) is 0 Å². The second kappa shape index (κ2) is 7.96. The lowest BCUT2D eigenvalue weighted by Gasteiger charge is -2.24. The number of rotatable bonds is 6. The number of halogens is 4. The van der Waals surface area contributed by atoms with Crippen molar-refractivity contribution in [2.24, 2.45) is 5.73 Å². The molecule has 1 heterocycles. The van der Waals surface area contributed by atoms with Gasteiger partial charge in [0.25, 0.3) is 0 Å². The number of primary amides is 1. The van der Waals surface area contributed by atoms with Gasteiger partial charge in [0.2, 0.25) is 5.91 Å². The van der Waals surface area contributed by atoms with Gasteiger partial charge in [0.1, 0.15) is 27.9 Å². The molecule has 0 aliphatic heterocycles. The normalized spacial score (nSPS) is 13.5. The molecule has 1 aromatic heterocycles. The molecule has 0 bridgehead atoms. The van der Waals surface area contributed by atoms with E-state index < -0.39 is 23.4 Å². The molecule has 31 heavy (non-hydrogen) atoms. The summed E-state index contributed by atoms with van der Waals surface area (Å²) < 4.78 is 47.0. The van der Waals surface area contributed by atoms with Crippen LogP contribution in [-0.2, 0) is 12.0 Å². The van der Waals surface area contributed by atoms with Gasteiger partial charge in [-0.25, -0.2) is 0 Å². The zero-order valence-corrected chi connectivity index (χ0v) is 17.0. The number of hydrogen-bond acceptors (Lipinski definition) is 6. The van der Waals surface area contributed by atoms with Crippen molar-refractivity contribution in [3.8, 4) is 17.6 Å².